The van der Waals surface area contributed by atoms with Gasteiger partial charge in [0.15, 0.2) is 23.0 Å². The highest BCUT2D eigenvalue weighted by Crippen LogP contribution is 2.50. The SMILES string of the molecule is O=C1CC(=O)C2=C1O[C@@H](C(=O)O)c1c2cc(O)c(O)c1O. The zero-order valence-electron chi connectivity index (χ0n) is 10.3. The summed E-state index contributed by atoms with van der Waals surface area (Å²) in [5, 5.41) is 38.0. The molecule has 2 aliphatic rings. The summed E-state index contributed by atoms with van der Waals surface area (Å²) < 4.78 is 5.01. The average Bonchev–Trinajstić information content (AvgIpc) is 2.70. The molecule has 1 aromatic rings. The Hall–Kier alpha value is -3.03. The quantitative estimate of drug-likeness (QED) is 0.425. The molecule has 1 aliphatic carbocycles. The van der Waals surface area contributed by atoms with Gasteiger partial charge in [-0.2, -0.15) is 0 Å². The van der Waals surface area contributed by atoms with Crippen LogP contribution in [-0.4, -0.2) is 38.0 Å². The lowest BCUT2D eigenvalue weighted by Crippen LogP contribution is -2.22. The van der Waals surface area contributed by atoms with E-state index < -0.39 is 53.1 Å². The molecule has 0 saturated carbocycles. The van der Waals surface area contributed by atoms with Crippen molar-refractivity contribution in [3.63, 3.8) is 0 Å². The molecule has 0 radical (unpaired) electrons. The van der Waals surface area contributed by atoms with Crippen molar-refractivity contribution in [2.75, 3.05) is 0 Å². The van der Waals surface area contributed by atoms with Crippen molar-refractivity contribution < 1.29 is 39.5 Å². The summed E-state index contributed by atoms with van der Waals surface area (Å²) in [4.78, 5) is 34.7. The Morgan fingerprint density at radius 2 is 1.81 bits per heavy atom. The van der Waals surface area contributed by atoms with E-state index in [1.165, 1.54) is 0 Å². The van der Waals surface area contributed by atoms with Crippen molar-refractivity contribution in [2.45, 2.75) is 12.5 Å². The second-order valence-corrected chi connectivity index (χ2v) is 4.62. The third kappa shape index (κ3) is 1.59. The van der Waals surface area contributed by atoms with Crippen molar-refractivity contribution >= 4 is 23.1 Å². The third-order valence-corrected chi connectivity index (χ3v) is 3.37. The van der Waals surface area contributed by atoms with Gasteiger partial charge < -0.3 is 25.2 Å². The van der Waals surface area contributed by atoms with E-state index in [1.807, 2.05) is 0 Å². The van der Waals surface area contributed by atoms with Gasteiger partial charge in [-0.15, -0.1) is 0 Å². The van der Waals surface area contributed by atoms with E-state index in [-0.39, 0.29) is 16.7 Å². The maximum Gasteiger partial charge on any atom is 0.349 e. The molecule has 1 heterocycles. The standard InChI is InChI=1S/C13H8O8/c14-4-2-6(16)11-7(4)3-1-5(15)9(17)10(18)8(3)12(21-11)13(19)20/h1,12,15,17-18H,2H2,(H,19,20)/t12-/m1/s1. The Morgan fingerprint density at radius 1 is 1.14 bits per heavy atom. The number of carbonyl (C=O) groups is 3. The molecule has 0 aromatic heterocycles. The van der Waals surface area contributed by atoms with E-state index in [9.17, 15) is 29.7 Å². The van der Waals surface area contributed by atoms with Gasteiger partial charge in [-0.1, -0.05) is 0 Å². The van der Waals surface area contributed by atoms with E-state index in [0.717, 1.165) is 6.07 Å². The fourth-order valence-electron chi connectivity index (χ4n) is 2.46. The molecule has 0 bridgehead atoms. The molecule has 21 heavy (non-hydrogen) atoms. The molecule has 1 atom stereocenters. The fourth-order valence-corrected chi connectivity index (χ4v) is 2.46. The maximum absolute atomic E-state index is 11.8. The summed E-state index contributed by atoms with van der Waals surface area (Å²) in [5.41, 5.74) is -0.704. The number of allylic oxidation sites excluding steroid dienone is 2. The van der Waals surface area contributed by atoms with Gasteiger partial charge in [0, 0.05) is 5.56 Å². The number of carbonyl (C=O) groups excluding carboxylic acids is 2. The molecule has 0 fully saturated rings. The second-order valence-electron chi connectivity index (χ2n) is 4.62. The molecule has 0 amide bonds. The smallest absolute Gasteiger partial charge is 0.349 e. The number of benzene rings is 1. The number of phenolic OH excluding ortho intramolecular Hbond substituents is 3. The number of hydrogen-bond acceptors (Lipinski definition) is 7. The van der Waals surface area contributed by atoms with Crippen molar-refractivity contribution in [2.24, 2.45) is 0 Å². The largest absolute Gasteiger partial charge is 0.504 e. The number of Topliss-reactive ketones (excluding diaryl/α,β-unsaturated/α-hetero) is 2. The highest BCUT2D eigenvalue weighted by molar-refractivity contribution is 6.38. The van der Waals surface area contributed by atoms with Gasteiger partial charge in [0.1, 0.15) is 0 Å². The molecule has 108 valence electrons. The second kappa shape index (κ2) is 3.98. The molecule has 0 saturated heterocycles. The van der Waals surface area contributed by atoms with Crippen LogP contribution in [0.4, 0.5) is 0 Å². The third-order valence-electron chi connectivity index (χ3n) is 3.37. The molecular weight excluding hydrogens is 284 g/mol. The number of hydrogen-bond donors (Lipinski definition) is 4. The van der Waals surface area contributed by atoms with Crippen LogP contribution in [-0.2, 0) is 19.1 Å². The van der Waals surface area contributed by atoms with Crippen LogP contribution in [0.2, 0.25) is 0 Å². The lowest BCUT2D eigenvalue weighted by Gasteiger charge is -2.25. The number of carboxylic acids is 1. The molecule has 1 aromatic carbocycles. The van der Waals surface area contributed by atoms with Gasteiger partial charge in [-0.25, -0.2) is 4.79 Å². The minimum Gasteiger partial charge on any atom is -0.504 e. The number of aromatic hydroxyl groups is 3. The maximum atomic E-state index is 11.8. The predicted molar refractivity (Wildman–Crippen MR) is 64.4 cm³/mol. The monoisotopic (exact) mass is 292 g/mol. The predicted octanol–water partition coefficient (Wildman–Crippen LogP) is 0.212. The first-order valence-corrected chi connectivity index (χ1v) is 5.81. The Bertz CT molecular complexity index is 758. The molecule has 8 heteroatoms. The Labute approximate surface area is 116 Å². The van der Waals surface area contributed by atoms with Crippen molar-refractivity contribution in [3.8, 4) is 17.2 Å². The van der Waals surface area contributed by atoms with Crippen molar-refractivity contribution in [1.82, 2.24) is 0 Å². The summed E-state index contributed by atoms with van der Waals surface area (Å²) in [6.07, 6.45) is -2.24. The summed E-state index contributed by atoms with van der Waals surface area (Å²) in [7, 11) is 0. The number of ketones is 2. The number of aliphatic carboxylic acids is 1. The molecule has 0 spiro atoms. The van der Waals surface area contributed by atoms with Crippen LogP contribution in [0, 0.1) is 0 Å². The summed E-state index contributed by atoms with van der Waals surface area (Å²) >= 11 is 0. The minimum absolute atomic E-state index is 0.132. The topological polar surface area (TPSA) is 141 Å². The Morgan fingerprint density at radius 3 is 2.43 bits per heavy atom. The van der Waals surface area contributed by atoms with Crippen LogP contribution in [0.3, 0.4) is 0 Å². The normalized spacial score (nSPS) is 20.1. The Kier molecular flexibility index (Phi) is 2.46. The number of rotatable bonds is 1. The highest BCUT2D eigenvalue weighted by atomic mass is 16.5. The van der Waals surface area contributed by atoms with Crippen LogP contribution < -0.4 is 0 Å². The van der Waals surface area contributed by atoms with E-state index in [1.54, 1.807) is 0 Å². The molecule has 0 unspecified atom stereocenters. The summed E-state index contributed by atoms with van der Waals surface area (Å²) in [5.74, 6) is -5.76. The lowest BCUT2D eigenvalue weighted by atomic mass is 9.91. The Balaban J connectivity index is 2.38. The zero-order valence-corrected chi connectivity index (χ0v) is 10.3. The van der Waals surface area contributed by atoms with Gasteiger partial charge in [-0.05, 0) is 6.07 Å². The number of fused-ring (bicyclic) bond motifs is 2. The van der Waals surface area contributed by atoms with E-state index in [4.69, 9.17) is 9.84 Å². The molecule has 3 rings (SSSR count). The first kappa shape index (κ1) is 13.0. The van der Waals surface area contributed by atoms with E-state index >= 15 is 0 Å². The van der Waals surface area contributed by atoms with Crippen LogP contribution in [0.1, 0.15) is 23.7 Å². The van der Waals surface area contributed by atoms with Gasteiger partial charge >= 0.3 is 5.97 Å². The highest BCUT2D eigenvalue weighted by Gasteiger charge is 2.45. The van der Waals surface area contributed by atoms with Crippen LogP contribution in [0.15, 0.2) is 11.8 Å². The fraction of sp³-hybridized carbons (Fsp3) is 0.154. The molecule has 4 N–H and O–H groups in total. The van der Waals surface area contributed by atoms with E-state index in [2.05, 4.69) is 0 Å². The zero-order chi connectivity index (χ0) is 15.5. The molecule has 8 nitrogen and oxygen atoms in total. The first-order valence-electron chi connectivity index (χ1n) is 5.81. The molecular formula is C13H8O8. The minimum atomic E-state index is -1.76. The van der Waals surface area contributed by atoms with E-state index in [0.29, 0.717) is 0 Å². The van der Waals surface area contributed by atoms with Gasteiger partial charge in [0.05, 0.1) is 17.6 Å². The number of phenols is 3. The summed E-state index contributed by atoms with van der Waals surface area (Å²) in [6, 6.07) is 0.925. The van der Waals surface area contributed by atoms with Gasteiger partial charge in [0.2, 0.25) is 17.6 Å². The van der Waals surface area contributed by atoms with Gasteiger partial charge in [-0.3, -0.25) is 9.59 Å². The first-order chi connectivity index (χ1) is 9.82. The molecule has 1 aliphatic heterocycles. The number of carboxylic acid groups (broad SMARTS) is 1. The van der Waals surface area contributed by atoms with Crippen molar-refractivity contribution in [3.05, 3.63) is 23.0 Å². The van der Waals surface area contributed by atoms with Crippen LogP contribution in [0.5, 0.6) is 17.2 Å². The van der Waals surface area contributed by atoms with Gasteiger partial charge in [0.25, 0.3) is 0 Å². The van der Waals surface area contributed by atoms with Crippen molar-refractivity contribution in [1.29, 1.82) is 0 Å². The van der Waals surface area contributed by atoms with Crippen LogP contribution in [0.25, 0.3) is 5.57 Å². The van der Waals surface area contributed by atoms with Crippen LogP contribution >= 0.6 is 0 Å². The number of ether oxygens (including phenoxy) is 1. The average molecular weight is 292 g/mol. The summed E-state index contributed by atoms with van der Waals surface area (Å²) in [6.45, 7) is 0. The lowest BCUT2D eigenvalue weighted by molar-refractivity contribution is -0.149.